The number of sulfonamides is 1. The Hall–Kier alpha value is -0.250. The molecule has 0 aliphatic heterocycles. The van der Waals surface area contributed by atoms with Crippen LogP contribution < -0.4 is 0 Å². The molecule has 0 aliphatic rings. The van der Waals surface area contributed by atoms with Gasteiger partial charge in [-0.2, -0.15) is 15.6 Å². The maximum Gasteiger partial charge on any atom is 0.245 e. The molecule has 0 amide bonds. The smallest absolute Gasteiger partial charge is 0.245 e. The Morgan fingerprint density at radius 1 is 1.47 bits per heavy atom. The number of hydrogen-bond acceptors (Lipinski definition) is 5. The Balaban J connectivity index is 2.28. The van der Waals surface area contributed by atoms with E-state index in [2.05, 4.69) is 15.9 Å². The van der Waals surface area contributed by atoms with Crippen LogP contribution in [0.1, 0.15) is 10.4 Å². The van der Waals surface area contributed by atoms with Crippen LogP contribution in [0.15, 0.2) is 31.6 Å². The molecule has 2 heterocycles. The highest BCUT2D eigenvalue weighted by Gasteiger charge is 2.25. The minimum absolute atomic E-state index is 0.160. The third-order valence-electron chi connectivity index (χ3n) is 2.54. The monoisotopic (exact) mass is 381 g/mol. The van der Waals surface area contributed by atoms with Crippen LogP contribution in [0.5, 0.6) is 0 Å². The molecule has 2 aromatic heterocycles. The van der Waals surface area contributed by atoms with Gasteiger partial charge in [0.15, 0.2) is 0 Å². The quantitative estimate of drug-likeness (QED) is 0.865. The molecule has 0 saturated heterocycles. The molecule has 2 aromatic rings. The largest absolute Gasteiger partial charge is 0.391 e. The minimum Gasteiger partial charge on any atom is -0.391 e. The predicted molar refractivity (Wildman–Crippen MR) is 80.9 cm³/mol. The number of aliphatic hydroxyl groups is 1. The first-order chi connectivity index (χ1) is 8.95. The van der Waals surface area contributed by atoms with Crippen LogP contribution >= 0.6 is 38.6 Å². The summed E-state index contributed by atoms with van der Waals surface area (Å²) in [6, 6.07) is 3.41. The summed E-state index contributed by atoms with van der Waals surface area (Å²) in [6.45, 7) is 0.176. The summed E-state index contributed by atoms with van der Waals surface area (Å²) in [4.78, 5) is 0.827. The fraction of sp³-hybridized carbons (Fsp3) is 0.273. The summed E-state index contributed by atoms with van der Waals surface area (Å²) in [5.74, 6) is 0. The van der Waals surface area contributed by atoms with Crippen molar-refractivity contribution >= 4 is 48.6 Å². The minimum atomic E-state index is -3.54. The summed E-state index contributed by atoms with van der Waals surface area (Å²) in [6.07, 6.45) is 0. The summed E-state index contributed by atoms with van der Waals surface area (Å²) in [5.41, 5.74) is 0.963. The van der Waals surface area contributed by atoms with Crippen molar-refractivity contribution in [2.24, 2.45) is 0 Å². The van der Waals surface area contributed by atoms with Crippen molar-refractivity contribution in [3.05, 3.63) is 37.1 Å². The summed E-state index contributed by atoms with van der Waals surface area (Å²) in [5, 5.41) is 12.9. The molecule has 0 bridgehead atoms. The van der Waals surface area contributed by atoms with Crippen molar-refractivity contribution in [1.82, 2.24) is 4.31 Å². The zero-order chi connectivity index (χ0) is 14.0. The third kappa shape index (κ3) is 3.26. The maximum atomic E-state index is 12.4. The fourth-order valence-corrected chi connectivity index (χ4v) is 5.85. The number of aliphatic hydroxyl groups excluding tert-OH is 1. The van der Waals surface area contributed by atoms with Crippen molar-refractivity contribution in [2.75, 3.05) is 7.05 Å². The van der Waals surface area contributed by atoms with Gasteiger partial charge < -0.3 is 5.11 Å². The third-order valence-corrected chi connectivity index (χ3v) is 7.31. The SMILES string of the molecule is CN(Cc1ccsc1)S(=O)(=O)c1cc(CO)sc1Br. The van der Waals surface area contributed by atoms with Gasteiger partial charge in [-0.3, -0.25) is 0 Å². The highest BCUT2D eigenvalue weighted by Crippen LogP contribution is 2.33. The van der Waals surface area contributed by atoms with Crippen LogP contribution in [-0.2, 0) is 23.2 Å². The molecule has 0 fully saturated rings. The van der Waals surface area contributed by atoms with E-state index in [4.69, 9.17) is 5.11 Å². The summed E-state index contributed by atoms with van der Waals surface area (Å²) < 4.78 is 26.7. The first-order valence-corrected chi connectivity index (χ1v) is 9.31. The molecule has 8 heteroatoms. The first-order valence-electron chi connectivity index (χ1n) is 5.31. The summed E-state index contributed by atoms with van der Waals surface area (Å²) in [7, 11) is -1.99. The summed E-state index contributed by atoms with van der Waals surface area (Å²) >= 11 is 6.01. The molecule has 19 heavy (non-hydrogen) atoms. The Bertz CT molecular complexity index is 649. The molecule has 1 N–H and O–H groups in total. The van der Waals surface area contributed by atoms with Gasteiger partial charge in [-0.1, -0.05) is 0 Å². The highest BCUT2D eigenvalue weighted by molar-refractivity contribution is 9.11. The van der Waals surface area contributed by atoms with Crippen molar-refractivity contribution in [1.29, 1.82) is 0 Å². The molecule has 0 spiro atoms. The van der Waals surface area contributed by atoms with Crippen molar-refractivity contribution in [2.45, 2.75) is 18.0 Å². The van der Waals surface area contributed by atoms with Crippen LogP contribution in [0, 0.1) is 0 Å². The molecule has 0 saturated carbocycles. The molecule has 0 radical (unpaired) electrons. The molecule has 104 valence electrons. The Labute approximate surface area is 128 Å². The lowest BCUT2D eigenvalue weighted by molar-refractivity contribution is 0.285. The van der Waals surface area contributed by atoms with E-state index in [1.165, 1.54) is 33.0 Å². The zero-order valence-electron chi connectivity index (χ0n) is 10.0. The maximum absolute atomic E-state index is 12.4. The average Bonchev–Trinajstić information content (AvgIpc) is 2.98. The molecule has 0 aromatic carbocycles. The van der Waals surface area contributed by atoms with Gasteiger partial charge in [0.2, 0.25) is 10.0 Å². The Morgan fingerprint density at radius 2 is 2.21 bits per heavy atom. The van der Waals surface area contributed by atoms with E-state index in [0.29, 0.717) is 15.2 Å². The van der Waals surface area contributed by atoms with E-state index in [9.17, 15) is 8.42 Å². The lowest BCUT2D eigenvalue weighted by Gasteiger charge is -2.15. The van der Waals surface area contributed by atoms with Crippen LogP contribution in [0.3, 0.4) is 0 Å². The Morgan fingerprint density at radius 3 is 2.74 bits per heavy atom. The van der Waals surface area contributed by atoms with Crippen LogP contribution in [0.2, 0.25) is 0 Å². The molecule has 4 nitrogen and oxygen atoms in total. The topological polar surface area (TPSA) is 57.6 Å². The zero-order valence-corrected chi connectivity index (χ0v) is 14.1. The number of hydrogen-bond donors (Lipinski definition) is 1. The van der Waals surface area contributed by atoms with Crippen molar-refractivity contribution in [3.8, 4) is 0 Å². The normalized spacial score (nSPS) is 12.2. The van der Waals surface area contributed by atoms with E-state index in [0.717, 1.165) is 5.56 Å². The second kappa shape index (κ2) is 6.02. The van der Waals surface area contributed by atoms with Gasteiger partial charge in [0, 0.05) is 18.5 Å². The van der Waals surface area contributed by atoms with E-state index in [1.807, 2.05) is 16.8 Å². The lowest BCUT2D eigenvalue weighted by Crippen LogP contribution is -2.26. The second-order valence-electron chi connectivity index (χ2n) is 3.90. The molecule has 0 unspecified atom stereocenters. The van der Waals surface area contributed by atoms with E-state index in [1.54, 1.807) is 7.05 Å². The van der Waals surface area contributed by atoms with Gasteiger partial charge in [-0.25, -0.2) is 8.42 Å². The number of rotatable bonds is 5. The van der Waals surface area contributed by atoms with Crippen molar-refractivity contribution < 1.29 is 13.5 Å². The average molecular weight is 382 g/mol. The first kappa shape index (κ1) is 15.1. The van der Waals surface area contributed by atoms with Gasteiger partial charge in [-0.05, 0) is 44.4 Å². The Kier molecular flexibility index (Phi) is 4.80. The fourth-order valence-electron chi connectivity index (χ4n) is 1.54. The molecular formula is C11H12BrNO3S3. The second-order valence-corrected chi connectivity index (χ2v) is 9.15. The van der Waals surface area contributed by atoms with Gasteiger partial charge in [-0.15, -0.1) is 11.3 Å². The lowest BCUT2D eigenvalue weighted by atomic mass is 10.3. The van der Waals surface area contributed by atoms with Crippen LogP contribution in [-0.4, -0.2) is 24.9 Å². The number of thiophene rings is 2. The van der Waals surface area contributed by atoms with Crippen LogP contribution in [0.25, 0.3) is 0 Å². The van der Waals surface area contributed by atoms with Crippen molar-refractivity contribution in [3.63, 3.8) is 0 Å². The predicted octanol–water partition coefficient (Wildman–Crippen LogP) is 2.89. The number of halogens is 1. The van der Waals surface area contributed by atoms with E-state index in [-0.39, 0.29) is 11.5 Å². The van der Waals surface area contributed by atoms with Gasteiger partial charge in [0.05, 0.1) is 10.4 Å². The van der Waals surface area contributed by atoms with Gasteiger partial charge in [0.1, 0.15) is 4.90 Å². The standard InChI is InChI=1S/C11H12BrNO3S3/c1-13(5-8-2-3-17-7-8)19(15,16)10-4-9(6-14)18-11(10)12/h2-4,7,14H,5-6H2,1H3. The molecule has 0 atom stereocenters. The van der Waals surface area contributed by atoms with E-state index >= 15 is 0 Å². The molecule has 0 aliphatic carbocycles. The van der Waals surface area contributed by atoms with E-state index < -0.39 is 10.0 Å². The highest BCUT2D eigenvalue weighted by atomic mass is 79.9. The van der Waals surface area contributed by atoms with Crippen LogP contribution in [0.4, 0.5) is 0 Å². The molecule has 2 rings (SSSR count). The van der Waals surface area contributed by atoms with Gasteiger partial charge >= 0.3 is 0 Å². The van der Waals surface area contributed by atoms with Gasteiger partial charge in [0.25, 0.3) is 0 Å². The number of nitrogens with zero attached hydrogens (tertiary/aromatic N) is 1. The molecular weight excluding hydrogens is 370 g/mol.